The Balaban J connectivity index is 1.57. The van der Waals surface area contributed by atoms with Gasteiger partial charge in [-0.15, -0.1) is 11.3 Å². The van der Waals surface area contributed by atoms with Gasteiger partial charge in [-0.3, -0.25) is 0 Å². The van der Waals surface area contributed by atoms with Gasteiger partial charge in [0.05, 0.1) is 5.69 Å². The van der Waals surface area contributed by atoms with Crippen LogP contribution in [0.15, 0.2) is 0 Å². The first-order chi connectivity index (χ1) is 9.36. The van der Waals surface area contributed by atoms with E-state index >= 15 is 0 Å². The molecular weight excluding hydrogens is 256 g/mol. The van der Waals surface area contributed by atoms with E-state index in [0.29, 0.717) is 18.6 Å². The number of aliphatic hydroxyl groups is 1. The lowest BCUT2D eigenvalue weighted by molar-refractivity contribution is 0.181. The van der Waals surface area contributed by atoms with Gasteiger partial charge in [-0.2, -0.15) is 0 Å². The first kappa shape index (κ1) is 13.5. The highest BCUT2D eigenvalue weighted by Crippen LogP contribution is 2.28. The van der Waals surface area contributed by atoms with E-state index < -0.39 is 0 Å². The lowest BCUT2D eigenvalue weighted by Gasteiger charge is -2.24. The molecule has 106 valence electrons. The van der Waals surface area contributed by atoms with Crippen LogP contribution in [0.25, 0.3) is 0 Å². The SMILES string of the molecule is OCC1CCCCCC1NCc1nc2c(s1)CCC2. The van der Waals surface area contributed by atoms with Crippen molar-refractivity contribution in [3.63, 3.8) is 0 Å². The molecule has 19 heavy (non-hydrogen) atoms. The molecule has 0 saturated heterocycles. The van der Waals surface area contributed by atoms with E-state index in [-0.39, 0.29) is 0 Å². The predicted molar refractivity (Wildman–Crippen MR) is 78.4 cm³/mol. The summed E-state index contributed by atoms with van der Waals surface area (Å²) in [5.74, 6) is 0.439. The molecule has 1 aromatic rings. The van der Waals surface area contributed by atoms with Crippen LogP contribution in [0.1, 0.15) is 54.1 Å². The summed E-state index contributed by atoms with van der Waals surface area (Å²) in [7, 11) is 0. The van der Waals surface area contributed by atoms with Gasteiger partial charge in [-0.05, 0) is 38.0 Å². The number of rotatable bonds is 4. The van der Waals surface area contributed by atoms with Crippen LogP contribution in [0.5, 0.6) is 0 Å². The average molecular weight is 280 g/mol. The van der Waals surface area contributed by atoms with Crippen molar-refractivity contribution >= 4 is 11.3 Å². The monoisotopic (exact) mass is 280 g/mol. The van der Waals surface area contributed by atoms with Gasteiger partial charge in [0.1, 0.15) is 5.01 Å². The Labute approximate surface area is 119 Å². The van der Waals surface area contributed by atoms with Gasteiger partial charge >= 0.3 is 0 Å². The maximum atomic E-state index is 9.53. The van der Waals surface area contributed by atoms with Crippen molar-refractivity contribution in [1.29, 1.82) is 0 Å². The number of nitrogens with one attached hydrogen (secondary N) is 1. The summed E-state index contributed by atoms with van der Waals surface area (Å²) < 4.78 is 0. The van der Waals surface area contributed by atoms with Crippen molar-refractivity contribution in [2.24, 2.45) is 5.92 Å². The summed E-state index contributed by atoms with van der Waals surface area (Å²) >= 11 is 1.89. The number of aliphatic hydroxyl groups excluding tert-OH is 1. The molecule has 4 heteroatoms. The molecule has 2 aliphatic rings. The molecule has 2 unspecified atom stereocenters. The Kier molecular flexibility index (Phi) is 4.51. The highest BCUT2D eigenvalue weighted by Gasteiger charge is 2.23. The Morgan fingerprint density at radius 3 is 2.89 bits per heavy atom. The van der Waals surface area contributed by atoms with E-state index in [0.717, 1.165) is 6.54 Å². The van der Waals surface area contributed by atoms with Crippen molar-refractivity contribution < 1.29 is 5.11 Å². The smallest absolute Gasteiger partial charge is 0.107 e. The van der Waals surface area contributed by atoms with Gasteiger partial charge in [-0.25, -0.2) is 4.98 Å². The molecule has 2 atom stereocenters. The second-order valence-corrected chi connectivity index (χ2v) is 7.07. The van der Waals surface area contributed by atoms with Gasteiger partial charge < -0.3 is 10.4 Å². The van der Waals surface area contributed by atoms with Gasteiger partial charge in [-0.1, -0.05) is 19.3 Å². The summed E-state index contributed by atoms with van der Waals surface area (Å²) in [5, 5.41) is 14.4. The molecule has 2 aliphatic carbocycles. The van der Waals surface area contributed by atoms with Crippen molar-refractivity contribution in [2.45, 2.75) is 64.0 Å². The lowest BCUT2D eigenvalue weighted by Crippen LogP contribution is -2.36. The van der Waals surface area contributed by atoms with E-state index in [4.69, 9.17) is 4.98 Å². The highest BCUT2D eigenvalue weighted by atomic mass is 32.1. The van der Waals surface area contributed by atoms with Crippen LogP contribution in [0.3, 0.4) is 0 Å². The normalized spacial score (nSPS) is 27.2. The van der Waals surface area contributed by atoms with E-state index in [1.807, 2.05) is 11.3 Å². The Hall–Kier alpha value is -0.450. The molecule has 3 nitrogen and oxygen atoms in total. The topological polar surface area (TPSA) is 45.1 Å². The van der Waals surface area contributed by atoms with Crippen LogP contribution >= 0.6 is 11.3 Å². The zero-order chi connectivity index (χ0) is 13.1. The third-order valence-electron chi connectivity index (χ3n) is 4.55. The molecule has 1 saturated carbocycles. The average Bonchev–Trinajstić information content (AvgIpc) is 2.91. The summed E-state index contributed by atoms with van der Waals surface area (Å²) in [6.45, 7) is 1.21. The summed E-state index contributed by atoms with van der Waals surface area (Å²) in [6.07, 6.45) is 9.96. The number of nitrogens with zero attached hydrogens (tertiary/aromatic N) is 1. The fraction of sp³-hybridized carbons (Fsp3) is 0.800. The van der Waals surface area contributed by atoms with Crippen LogP contribution in [-0.4, -0.2) is 22.7 Å². The quantitative estimate of drug-likeness (QED) is 0.834. The fourth-order valence-electron chi connectivity index (χ4n) is 3.41. The second-order valence-electron chi connectivity index (χ2n) is 5.90. The number of aromatic nitrogens is 1. The third-order valence-corrected chi connectivity index (χ3v) is 5.71. The third kappa shape index (κ3) is 3.18. The molecule has 0 aliphatic heterocycles. The number of aryl methyl sites for hydroxylation is 2. The van der Waals surface area contributed by atoms with E-state index in [1.54, 1.807) is 0 Å². The molecule has 0 amide bonds. The Morgan fingerprint density at radius 1 is 1.16 bits per heavy atom. The van der Waals surface area contributed by atoms with Crippen LogP contribution in [0.4, 0.5) is 0 Å². The molecule has 1 aromatic heterocycles. The molecule has 0 bridgehead atoms. The predicted octanol–water partition coefficient (Wildman–Crippen LogP) is 2.66. The Morgan fingerprint density at radius 2 is 2.05 bits per heavy atom. The maximum absolute atomic E-state index is 9.53. The van der Waals surface area contributed by atoms with Crippen molar-refractivity contribution in [1.82, 2.24) is 10.3 Å². The first-order valence-electron chi connectivity index (χ1n) is 7.68. The Bertz CT molecular complexity index is 397. The zero-order valence-electron chi connectivity index (χ0n) is 11.5. The molecule has 1 fully saturated rings. The molecular formula is C15H24N2OS. The van der Waals surface area contributed by atoms with Crippen molar-refractivity contribution in [2.75, 3.05) is 6.61 Å². The molecule has 2 N–H and O–H groups in total. The van der Waals surface area contributed by atoms with Crippen LogP contribution in [-0.2, 0) is 19.4 Å². The molecule has 0 spiro atoms. The molecule has 0 aromatic carbocycles. The highest BCUT2D eigenvalue weighted by molar-refractivity contribution is 7.11. The standard InChI is InChI=1S/C15H24N2OS/c18-10-11-5-2-1-3-6-12(11)16-9-15-17-13-7-4-8-14(13)19-15/h11-12,16,18H,1-10H2. The summed E-state index contributed by atoms with van der Waals surface area (Å²) in [6, 6.07) is 0.478. The number of thiazole rings is 1. The molecule has 1 heterocycles. The van der Waals surface area contributed by atoms with Crippen LogP contribution in [0, 0.1) is 5.92 Å². The minimum Gasteiger partial charge on any atom is -0.396 e. The van der Waals surface area contributed by atoms with E-state index in [9.17, 15) is 5.11 Å². The zero-order valence-corrected chi connectivity index (χ0v) is 12.3. The van der Waals surface area contributed by atoms with Gasteiger partial charge in [0.25, 0.3) is 0 Å². The van der Waals surface area contributed by atoms with Crippen LogP contribution < -0.4 is 5.32 Å². The number of fused-ring (bicyclic) bond motifs is 1. The van der Waals surface area contributed by atoms with E-state index in [1.165, 1.54) is 66.9 Å². The minimum absolute atomic E-state index is 0.325. The van der Waals surface area contributed by atoms with Gasteiger partial charge in [0.2, 0.25) is 0 Å². The second kappa shape index (κ2) is 6.33. The minimum atomic E-state index is 0.325. The van der Waals surface area contributed by atoms with Gasteiger partial charge in [0.15, 0.2) is 0 Å². The first-order valence-corrected chi connectivity index (χ1v) is 8.50. The summed E-state index contributed by atoms with van der Waals surface area (Å²) in [5.41, 5.74) is 1.35. The maximum Gasteiger partial charge on any atom is 0.107 e. The van der Waals surface area contributed by atoms with Crippen molar-refractivity contribution in [3.8, 4) is 0 Å². The molecule has 0 radical (unpaired) electrons. The summed E-state index contributed by atoms with van der Waals surface area (Å²) in [4.78, 5) is 6.25. The largest absolute Gasteiger partial charge is 0.396 e. The van der Waals surface area contributed by atoms with Gasteiger partial charge in [0, 0.05) is 24.1 Å². The van der Waals surface area contributed by atoms with Crippen molar-refractivity contribution in [3.05, 3.63) is 15.6 Å². The van der Waals surface area contributed by atoms with E-state index in [2.05, 4.69) is 5.32 Å². The lowest BCUT2D eigenvalue weighted by atomic mass is 9.96. The van der Waals surface area contributed by atoms with Crippen LogP contribution in [0.2, 0.25) is 0 Å². The number of hydrogen-bond acceptors (Lipinski definition) is 4. The fourth-order valence-corrected chi connectivity index (χ4v) is 4.52. The number of hydrogen-bond donors (Lipinski definition) is 2. The molecule has 3 rings (SSSR count).